The van der Waals surface area contributed by atoms with Crippen LogP contribution in [-0.2, 0) is 0 Å². The predicted octanol–water partition coefficient (Wildman–Crippen LogP) is 3.24. The lowest BCUT2D eigenvalue weighted by molar-refractivity contribution is 0.342. The van der Waals surface area contributed by atoms with Gasteiger partial charge < -0.3 is 4.90 Å². The Bertz CT molecular complexity index is 393. The van der Waals surface area contributed by atoms with Gasteiger partial charge in [-0.05, 0) is 31.1 Å². The van der Waals surface area contributed by atoms with Crippen LogP contribution in [0, 0.1) is 5.92 Å². The summed E-state index contributed by atoms with van der Waals surface area (Å²) >= 11 is 3.33. The van der Waals surface area contributed by atoms with Gasteiger partial charge in [0.2, 0.25) is 0 Å². The summed E-state index contributed by atoms with van der Waals surface area (Å²) in [7, 11) is 0. The van der Waals surface area contributed by atoms with Crippen molar-refractivity contribution in [2.24, 2.45) is 5.92 Å². The van der Waals surface area contributed by atoms with Crippen LogP contribution in [0.15, 0.2) is 5.03 Å². The molecule has 0 aliphatic carbocycles. The fraction of sp³-hybridized carbons (Fsp3) is 0.846. The van der Waals surface area contributed by atoms with Crippen molar-refractivity contribution in [2.45, 2.75) is 43.6 Å². The molecule has 2 aliphatic heterocycles. The van der Waals surface area contributed by atoms with Crippen LogP contribution in [-0.4, -0.2) is 39.0 Å². The molecule has 3 heterocycles. The van der Waals surface area contributed by atoms with Gasteiger partial charge in [0.25, 0.3) is 0 Å². The molecule has 2 fully saturated rings. The molecule has 0 amide bonds. The minimum atomic E-state index is 0.672. The summed E-state index contributed by atoms with van der Waals surface area (Å²) in [6, 6.07) is 0. The van der Waals surface area contributed by atoms with Crippen molar-refractivity contribution in [1.82, 2.24) is 13.6 Å². The zero-order valence-electron chi connectivity index (χ0n) is 11.0. The van der Waals surface area contributed by atoms with E-state index >= 15 is 0 Å². The van der Waals surface area contributed by atoms with Gasteiger partial charge in [-0.2, -0.15) is 8.75 Å². The molecule has 0 saturated carbocycles. The summed E-state index contributed by atoms with van der Waals surface area (Å²) in [5.41, 5.74) is 1.31. The molecule has 0 N–H and O–H groups in total. The second-order valence-corrected chi connectivity index (χ2v) is 7.04. The number of aromatic nitrogens is 2. The van der Waals surface area contributed by atoms with E-state index < -0.39 is 0 Å². The molecule has 2 aliphatic rings. The summed E-state index contributed by atoms with van der Waals surface area (Å²) < 4.78 is 9.12. The molecular weight excluding hydrogens is 262 g/mol. The van der Waals surface area contributed by atoms with Crippen LogP contribution in [0.1, 0.15) is 44.2 Å². The maximum absolute atomic E-state index is 4.60. The highest BCUT2D eigenvalue weighted by molar-refractivity contribution is 7.99. The quantitative estimate of drug-likeness (QED) is 0.592. The van der Waals surface area contributed by atoms with E-state index in [9.17, 15) is 0 Å². The van der Waals surface area contributed by atoms with E-state index in [1.807, 2.05) is 11.8 Å². The summed E-state index contributed by atoms with van der Waals surface area (Å²) in [5.74, 6) is 2.72. The number of piperidine rings is 1. The molecule has 0 radical (unpaired) electrons. The molecule has 2 saturated heterocycles. The van der Waals surface area contributed by atoms with Gasteiger partial charge >= 0.3 is 0 Å². The fourth-order valence-corrected chi connectivity index (χ4v) is 4.90. The Morgan fingerprint density at radius 2 is 2.28 bits per heavy atom. The Labute approximate surface area is 118 Å². The molecule has 18 heavy (non-hydrogen) atoms. The van der Waals surface area contributed by atoms with Crippen LogP contribution in [0.5, 0.6) is 0 Å². The minimum Gasteiger partial charge on any atom is -0.302 e. The number of hydrogen-bond acceptors (Lipinski definition) is 5. The highest BCUT2D eigenvalue weighted by Crippen LogP contribution is 2.42. The summed E-state index contributed by atoms with van der Waals surface area (Å²) in [4.78, 5) is 2.58. The number of rotatable bonds is 6. The first kappa shape index (κ1) is 12.9. The third-order valence-electron chi connectivity index (χ3n) is 4.15. The molecule has 1 aromatic heterocycles. The average Bonchev–Trinajstić information content (AvgIpc) is 3.09. The number of unbranched alkanes of at least 4 members (excludes halogenated alkanes) is 2. The van der Waals surface area contributed by atoms with E-state index in [-0.39, 0.29) is 0 Å². The van der Waals surface area contributed by atoms with Gasteiger partial charge in [0, 0.05) is 19.0 Å². The molecule has 3 unspecified atom stereocenters. The van der Waals surface area contributed by atoms with Crippen molar-refractivity contribution >= 4 is 23.5 Å². The Hall–Kier alpha value is -0.130. The molecule has 2 bridgehead atoms. The third kappa shape index (κ3) is 2.58. The normalized spacial score (nSPS) is 30.2. The molecule has 1 aromatic rings. The minimum absolute atomic E-state index is 0.672. The molecule has 100 valence electrons. The molecular formula is C13H21N3S2. The summed E-state index contributed by atoms with van der Waals surface area (Å²) in [6.07, 6.45) is 5.29. The maximum atomic E-state index is 4.60. The molecule has 3 rings (SSSR count). The van der Waals surface area contributed by atoms with Crippen LogP contribution in [0.25, 0.3) is 0 Å². The van der Waals surface area contributed by atoms with Crippen molar-refractivity contribution in [3.8, 4) is 0 Å². The summed E-state index contributed by atoms with van der Waals surface area (Å²) in [6.45, 7) is 6.07. The van der Waals surface area contributed by atoms with Crippen molar-refractivity contribution < 1.29 is 0 Å². The molecule has 3 atom stereocenters. The van der Waals surface area contributed by atoms with Gasteiger partial charge in [0.15, 0.2) is 0 Å². The number of hydrogen-bond donors (Lipinski definition) is 0. The van der Waals surface area contributed by atoms with Gasteiger partial charge in [0.05, 0.1) is 17.4 Å². The molecule has 0 spiro atoms. The van der Waals surface area contributed by atoms with E-state index in [4.69, 9.17) is 0 Å². The average molecular weight is 283 g/mol. The van der Waals surface area contributed by atoms with Gasteiger partial charge in [0.1, 0.15) is 5.03 Å². The van der Waals surface area contributed by atoms with Crippen LogP contribution in [0.2, 0.25) is 0 Å². The van der Waals surface area contributed by atoms with E-state index in [1.54, 1.807) is 0 Å². The predicted molar refractivity (Wildman–Crippen MR) is 77.4 cm³/mol. The van der Waals surface area contributed by atoms with Crippen molar-refractivity contribution in [3.63, 3.8) is 0 Å². The molecule has 5 heteroatoms. The summed E-state index contributed by atoms with van der Waals surface area (Å²) in [5, 5.41) is 1.23. The van der Waals surface area contributed by atoms with E-state index in [0.717, 1.165) is 5.92 Å². The number of fused-ring (bicyclic) bond motifs is 2. The Morgan fingerprint density at radius 1 is 1.33 bits per heavy atom. The highest BCUT2D eigenvalue weighted by atomic mass is 32.2. The monoisotopic (exact) mass is 283 g/mol. The standard InChI is InChI=1S/C13H21N3S2/c1-2-3-4-7-17-13-12(14-18-15-13)11-9-16-6-5-10(11)8-16/h10-11H,2-9H2,1H3. The van der Waals surface area contributed by atoms with Gasteiger partial charge in [-0.15, -0.1) is 11.8 Å². The van der Waals surface area contributed by atoms with Crippen LogP contribution in [0.4, 0.5) is 0 Å². The fourth-order valence-electron chi connectivity index (χ4n) is 3.13. The van der Waals surface area contributed by atoms with Gasteiger partial charge in [-0.1, -0.05) is 19.8 Å². The number of nitrogens with zero attached hydrogens (tertiary/aromatic N) is 3. The van der Waals surface area contributed by atoms with Crippen LogP contribution >= 0.6 is 23.5 Å². The lowest BCUT2D eigenvalue weighted by Crippen LogP contribution is -2.22. The topological polar surface area (TPSA) is 29.0 Å². The first-order valence-electron chi connectivity index (χ1n) is 7.06. The first-order valence-corrected chi connectivity index (χ1v) is 8.77. The van der Waals surface area contributed by atoms with Gasteiger partial charge in [-0.3, -0.25) is 0 Å². The largest absolute Gasteiger partial charge is 0.302 e. The van der Waals surface area contributed by atoms with E-state index in [2.05, 4.69) is 20.6 Å². The van der Waals surface area contributed by atoms with Crippen LogP contribution in [0.3, 0.4) is 0 Å². The molecule has 3 nitrogen and oxygen atoms in total. The zero-order valence-corrected chi connectivity index (χ0v) is 12.6. The highest BCUT2D eigenvalue weighted by Gasteiger charge is 2.41. The lowest BCUT2D eigenvalue weighted by Gasteiger charge is -2.20. The van der Waals surface area contributed by atoms with Crippen molar-refractivity contribution in [2.75, 3.05) is 25.4 Å². The molecule has 0 aromatic carbocycles. The number of thioether (sulfide) groups is 1. The van der Waals surface area contributed by atoms with Crippen LogP contribution < -0.4 is 0 Å². The van der Waals surface area contributed by atoms with E-state index in [1.165, 1.54) is 73.5 Å². The van der Waals surface area contributed by atoms with Gasteiger partial charge in [-0.25, -0.2) is 0 Å². The van der Waals surface area contributed by atoms with Crippen molar-refractivity contribution in [1.29, 1.82) is 0 Å². The smallest absolute Gasteiger partial charge is 0.134 e. The Balaban J connectivity index is 1.61. The zero-order chi connectivity index (χ0) is 12.4. The third-order valence-corrected chi connectivity index (χ3v) is 5.88. The second-order valence-electron chi connectivity index (χ2n) is 5.43. The Morgan fingerprint density at radius 3 is 3.00 bits per heavy atom. The van der Waals surface area contributed by atoms with E-state index in [0.29, 0.717) is 5.92 Å². The SMILES string of the molecule is CCCCCSc1nsnc1C1CN2CCC1C2. The first-order chi connectivity index (χ1) is 8.88. The second kappa shape index (κ2) is 5.88. The van der Waals surface area contributed by atoms with Crippen molar-refractivity contribution in [3.05, 3.63) is 5.69 Å². The Kier molecular flexibility index (Phi) is 4.21. The maximum Gasteiger partial charge on any atom is 0.134 e. The lowest BCUT2D eigenvalue weighted by atomic mass is 9.90.